The molecular formula is C26H30N6O5. The van der Waals surface area contributed by atoms with E-state index in [1.807, 2.05) is 18.3 Å². The lowest BCUT2D eigenvalue weighted by molar-refractivity contribution is -0.122. The first-order chi connectivity index (χ1) is 17.9. The molecule has 0 bridgehead atoms. The third-order valence-corrected chi connectivity index (χ3v) is 6.23. The van der Waals surface area contributed by atoms with Crippen molar-refractivity contribution in [3.63, 3.8) is 0 Å². The summed E-state index contributed by atoms with van der Waals surface area (Å²) in [6.07, 6.45) is 3.02. The van der Waals surface area contributed by atoms with Crippen molar-refractivity contribution in [3.8, 4) is 22.8 Å². The number of hydrogen-bond acceptors (Lipinski definition) is 7. The van der Waals surface area contributed by atoms with Crippen molar-refractivity contribution >= 4 is 29.1 Å². The fourth-order valence-corrected chi connectivity index (χ4v) is 4.16. The Morgan fingerprint density at radius 2 is 1.89 bits per heavy atom. The van der Waals surface area contributed by atoms with E-state index in [-0.39, 0.29) is 30.7 Å². The molecule has 0 saturated carbocycles. The third-order valence-electron chi connectivity index (χ3n) is 6.23. The molecule has 3 amide bonds. The van der Waals surface area contributed by atoms with E-state index in [1.165, 1.54) is 7.11 Å². The number of aromatic nitrogens is 3. The molecular weight excluding hydrogens is 476 g/mol. The van der Waals surface area contributed by atoms with Gasteiger partial charge in [0.1, 0.15) is 17.2 Å². The Labute approximate surface area is 214 Å². The molecule has 2 heterocycles. The van der Waals surface area contributed by atoms with Gasteiger partial charge >= 0.3 is 0 Å². The second kappa shape index (κ2) is 11.5. The number of rotatable bonds is 10. The second-order valence-electron chi connectivity index (χ2n) is 8.65. The van der Waals surface area contributed by atoms with Crippen LogP contribution in [0.2, 0.25) is 0 Å². The maximum Gasteiger partial charge on any atom is 0.229 e. The first-order valence-electron chi connectivity index (χ1n) is 12.0. The number of aryl methyl sites for hydroxylation is 1. The van der Waals surface area contributed by atoms with E-state index in [4.69, 9.17) is 9.47 Å². The molecule has 3 aromatic rings. The lowest BCUT2D eigenvalue weighted by Crippen LogP contribution is -2.28. The number of hydrogen-bond donors (Lipinski definition) is 2. The summed E-state index contributed by atoms with van der Waals surface area (Å²) in [5.41, 5.74) is 2.75. The molecule has 11 nitrogen and oxygen atoms in total. The zero-order valence-electron chi connectivity index (χ0n) is 21.1. The molecule has 0 aliphatic carbocycles. The summed E-state index contributed by atoms with van der Waals surface area (Å²) in [5, 5.41) is 13.8. The van der Waals surface area contributed by atoms with Crippen LogP contribution in [0.1, 0.15) is 19.3 Å². The fourth-order valence-electron chi connectivity index (χ4n) is 4.16. The van der Waals surface area contributed by atoms with E-state index in [0.29, 0.717) is 48.0 Å². The number of benzene rings is 2. The number of amides is 3. The summed E-state index contributed by atoms with van der Waals surface area (Å²) in [7, 11) is 4.70. The minimum atomic E-state index is -0.502. The Kier molecular flexibility index (Phi) is 8.02. The monoisotopic (exact) mass is 506 g/mol. The quantitative estimate of drug-likeness (QED) is 0.432. The molecule has 1 aliphatic heterocycles. The highest BCUT2D eigenvalue weighted by atomic mass is 16.5. The Bertz CT molecular complexity index is 1270. The lowest BCUT2D eigenvalue weighted by Gasteiger charge is -2.20. The van der Waals surface area contributed by atoms with Gasteiger partial charge in [0.05, 0.1) is 32.0 Å². The summed E-state index contributed by atoms with van der Waals surface area (Å²) >= 11 is 0. The predicted molar refractivity (Wildman–Crippen MR) is 137 cm³/mol. The van der Waals surface area contributed by atoms with Crippen LogP contribution in [0.15, 0.2) is 48.7 Å². The van der Waals surface area contributed by atoms with Crippen LogP contribution in [0.3, 0.4) is 0 Å². The molecule has 37 heavy (non-hydrogen) atoms. The average molecular weight is 507 g/mol. The number of anilines is 2. The van der Waals surface area contributed by atoms with Gasteiger partial charge in [-0.25, -0.2) is 0 Å². The molecule has 1 aromatic heterocycles. The van der Waals surface area contributed by atoms with Crippen LogP contribution in [-0.2, 0) is 20.9 Å². The molecule has 0 radical (unpaired) electrons. The minimum Gasteiger partial charge on any atom is -0.497 e. The van der Waals surface area contributed by atoms with Gasteiger partial charge in [0.15, 0.2) is 0 Å². The SMILES string of the molecule is CNC(=O)CCCn1cc(-c2ccc(NC(=O)C3CC(=O)N(c4cc(OC)ccc4OC)C3)cc2)nn1. The number of carbonyl (C=O) groups is 3. The largest absolute Gasteiger partial charge is 0.497 e. The molecule has 1 atom stereocenters. The van der Waals surface area contributed by atoms with Gasteiger partial charge in [0, 0.05) is 50.3 Å². The van der Waals surface area contributed by atoms with Crippen molar-refractivity contribution in [2.75, 3.05) is 38.0 Å². The second-order valence-corrected chi connectivity index (χ2v) is 8.65. The first-order valence-corrected chi connectivity index (χ1v) is 12.0. The number of nitrogens with zero attached hydrogens (tertiary/aromatic N) is 4. The summed E-state index contributed by atoms with van der Waals surface area (Å²) < 4.78 is 12.4. The van der Waals surface area contributed by atoms with E-state index in [9.17, 15) is 14.4 Å². The zero-order valence-corrected chi connectivity index (χ0v) is 21.1. The Morgan fingerprint density at radius 3 is 2.59 bits per heavy atom. The first kappa shape index (κ1) is 25.7. The summed E-state index contributed by atoms with van der Waals surface area (Å²) in [6.45, 7) is 0.836. The highest BCUT2D eigenvalue weighted by Crippen LogP contribution is 2.36. The van der Waals surface area contributed by atoms with Crippen molar-refractivity contribution in [2.24, 2.45) is 5.92 Å². The van der Waals surface area contributed by atoms with E-state index in [2.05, 4.69) is 20.9 Å². The third kappa shape index (κ3) is 6.05. The van der Waals surface area contributed by atoms with E-state index in [1.54, 1.807) is 54.1 Å². The molecule has 1 saturated heterocycles. The fraction of sp³-hybridized carbons (Fsp3) is 0.346. The molecule has 0 spiro atoms. The van der Waals surface area contributed by atoms with Crippen LogP contribution in [0, 0.1) is 5.92 Å². The van der Waals surface area contributed by atoms with Crippen molar-refractivity contribution in [1.82, 2.24) is 20.3 Å². The van der Waals surface area contributed by atoms with Crippen LogP contribution in [0.4, 0.5) is 11.4 Å². The van der Waals surface area contributed by atoms with Crippen molar-refractivity contribution < 1.29 is 23.9 Å². The molecule has 1 fully saturated rings. The molecule has 1 unspecified atom stereocenters. The van der Waals surface area contributed by atoms with Crippen molar-refractivity contribution in [1.29, 1.82) is 0 Å². The number of nitrogens with one attached hydrogen (secondary N) is 2. The van der Waals surface area contributed by atoms with Gasteiger partial charge in [-0.1, -0.05) is 17.3 Å². The van der Waals surface area contributed by atoms with Gasteiger partial charge in [0.25, 0.3) is 0 Å². The molecule has 1 aliphatic rings. The topological polar surface area (TPSA) is 128 Å². The summed E-state index contributed by atoms with van der Waals surface area (Å²) in [6, 6.07) is 12.5. The highest BCUT2D eigenvalue weighted by molar-refractivity contribution is 6.04. The number of carbonyl (C=O) groups excluding carboxylic acids is 3. The molecule has 2 N–H and O–H groups in total. The van der Waals surface area contributed by atoms with Gasteiger partial charge in [-0.05, 0) is 30.7 Å². The lowest BCUT2D eigenvalue weighted by atomic mass is 10.1. The van der Waals surface area contributed by atoms with Crippen molar-refractivity contribution in [3.05, 3.63) is 48.7 Å². The molecule has 194 valence electrons. The molecule has 2 aromatic carbocycles. The maximum atomic E-state index is 12.9. The van der Waals surface area contributed by atoms with E-state index < -0.39 is 5.92 Å². The average Bonchev–Trinajstić information content (AvgIpc) is 3.55. The highest BCUT2D eigenvalue weighted by Gasteiger charge is 2.36. The van der Waals surface area contributed by atoms with Gasteiger partial charge in [0.2, 0.25) is 17.7 Å². The minimum absolute atomic E-state index is 0.00678. The Morgan fingerprint density at radius 1 is 1.11 bits per heavy atom. The number of ether oxygens (including phenoxy) is 2. The standard InChI is InChI=1S/C26H30N6O5/c1-27-24(33)5-4-12-31-16-21(29-30-31)17-6-8-19(9-7-17)28-26(35)18-13-25(34)32(15-18)22-14-20(36-2)10-11-23(22)37-3/h6-11,14,16,18H,4-5,12-13,15H2,1-3H3,(H,27,33)(H,28,35). The van der Waals surface area contributed by atoms with Crippen LogP contribution < -0.4 is 25.0 Å². The summed E-state index contributed by atoms with van der Waals surface area (Å²) in [4.78, 5) is 38.6. The van der Waals surface area contributed by atoms with Crippen LogP contribution in [-0.4, -0.2) is 60.5 Å². The van der Waals surface area contributed by atoms with Gasteiger partial charge in [-0.15, -0.1) is 5.10 Å². The van der Waals surface area contributed by atoms with Crippen LogP contribution in [0.25, 0.3) is 11.3 Å². The molecule has 4 rings (SSSR count). The van der Waals surface area contributed by atoms with Gasteiger partial charge in [-0.3, -0.25) is 19.1 Å². The van der Waals surface area contributed by atoms with Gasteiger partial charge in [-0.2, -0.15) is 0 Å². The van der Waals surface area contributed by atoms with Gasteiger partial charge < -0.3 is 25.0 Å². The Balaban J connectivity index is 1.36. The Hall–Kier alpha value is -4.41. The van der Waals surface area contributed by atoms with E-state index in [0.717, 1.165) is 5.56 Å². The smallest absolute Gasteiger partial charge is 0.229 e. The van der Waals surface area contributed by atoms with Crippen molar-refractivity contribution in [2.45, 2.75) is 25.8 Å². The number of methoxy groups -OCH3 is 2. The predicted octanol–water partition coefficient (Wildman–Crippen LogP) is 2.48. The zero-order chi connectivity index (χ0) is 26.4. The molecule has 11 heteroatoms. The summed E-state index contributed by atoms with van der Waals surface area (Å²) in [5.74, 6) is 0.244. The normalized spacial score (nSPS) is 14.9. The van der Waals surface area contributed by atoms with Crippen LogP contribution in [0.5, 0.6) is 11.5 Å². The van der Waals surface area contributed by atoms with E-state index >= 15 is 0 Å². The van der Waals surface area contributed by atoms with Crippen LogP contribution >= 0.6 is 0 Å². The maximum absolute atomic E-state index is 12.9.